The molecule has 2 heterocycles. The highest BCUT2D eigenvalue weighted by atomic mass is 32.1. The zero-order valence-electron chi connectivity index (χ0n) is 11.1. The number of benzene rings is 1. The van der Waals surface area contributed by atoms with Crippen LogP contribution in [-0.2, 0) is 0 Å². The van der Waals surface area contributed by atoms with Crippen LogP contribution in [0.4, 0.5) is 0 Å². The van der Waals surface area contributed by atoms with Gasteiger partial charge in [-0.15, -0.1) is 0 Å². The van der Waals surface area contributed by atoms with Gasteiger partial charge in [0.05, 0.1) is 10.2 Å². The van der Waals surface area contributed by atoms with Crippen LogP contribution in [0.5, 0.6) is 0 Å². The molecule has 0 bridgehead atoms. The fourth-order valence-electron chi connectivity index (χ4n) is 2.37. The van der Waals surface area contributed by atoms with Crippen LogP contribution in [0.15, 0.2) is 24.3 Å². The Morgan fingerprint density at radius 2 is 2.05 bits per heavy atom. The van der Waals surface area contributed by atoms with Gasteiger partial charge in [-0.25, -0.2) is 4.98 Å². The Kier molecular flexibility index (Phi) is 2.75. The third-order valence-corrected chi connectivity index (χ3v) is 4.40. The largest absolute Gasteiger partial charge is 0.298 e. The van der Waals surface area contributed by atoms with E-state index < -0.39 is 0 Å². The molecule has 0 amide bonds. The second kappa shape index (κ2) is 4.31. The second-order valence-electron chi connectivity index (χ2n) is 4.70. The number of carbonyl (C=O) groups is 1. The van der Waals surface area contributed by atoms with Crippen molar-refractivity contribution in [2.24, 2.45) is 0 Å². The molecule has 0 fully saturated rings. The first-order valence-electron chi connectivity index (χ1n) is 6.12. The third kappa shape index (κ3) is 1.79. The molecule has 0 aliphatic carbocycles. The van der Waals surface area contributed by atoms with Crippen molar-refractivity contribution in [3.63, 3.8) is 0 Å². The average Bonchev–Trinajstić information content (AvgIpc) is 2.91. The van der Waals surface area contributed by atoms with Crippen LogP contribution in [-0.4, -0.2) is 15.8 Å². The molecule has 4 heteroatoms. The predicted octanol–water partition coefficient (Wildman–Crippen LogP) is 3.82. The number of fused-ring (bicyclic) bond motifs is 1. The molecule has 3 nitrogen and oxygen atoms in total. The standard InChI is InChI=1S/C15H14N2OS/c1-9-5-4-6-13-14(9)16-15(19-13)17-10(2)7-12(8-18)11(17)3/h4-8H,1-3H3. The van der Waals surface area contributed by atoms with E-state index in [1.165, 1.54) is 10.3 Å². The molecule has 19 heavy (non-hydrogen) atoms. The number of carbonyl (C=O) groups excluding carboxylic acids is 1. The molecule has 3 aromatic rings. The highest BCUT2D eigenvalue weighted by Crippen LogP contribution is 2.29. The molecule has 0 N–H and O–H groups in total. The van der Waals surface area contributed by atoms with Crippen molar-refractivity contribution >= 4 is 27.8 Å². The first-order valence-corrected chi connectivity index (χ1v) is 6.94. The van der Waals surface area contributed by atoms with E-state index in [1.807, 2.05) is 30.5 Å². The van der Waals surface area contributed by atoms with Gasteiger partial charge in [-0.2, -0.15) is 0 Å². The maximum absolute atomic E-state index is 11.0. The number of rotatable bonds is 2. The lowest BCUT2D eigenvalue weighted by Crippen LogP contribution is -1.98. The lowest BCUT2D eigenvalue weighted by atomic mass is 10.2. The Morgan fingerprint density at radius 1 is 1.26 bits per heavy atom. The molecule has 0 aliphatic rings. The second-order valence-corrected chi connectivity index (χ2v) is 5.71. The topological polar surface area (TPSA) is 34.9 Å². The summed E-state index contributed by atoms with van der Waals surface area (Å²) >= 11 is 1.65. The van der Waals surface area contributed by atoms with Gasteiger partial charge in [0.2, 0.25) is 0 Å². The number of aromatic nitrogens is 2. The molecule has 1 aromatic carbocycles. The first kappa shape index (κ1) is 12.1. The molecule has 2 aromatic heterocycles. The van der Waals surface area contributed by atoms with Gasteiger partial charge in [-0.05, 0) is 38.5 Å². The molecular weight excluding hydrogens is 256 g/mol. The summed E-state index contributed by atoms with van der Waals surface area (Å²) in [6, 6.07) is 8.10. The minimum Gasteiger partial charge on any atom is -0.298 e. The van der Waals surface area contributed by atoms with Crippen molar-refractivity contribution in [2.75, 3.05) is 0 Å². The number of hydrogen-bond acceptors (Lipinski definition) is 3. The van der Waals surface area contributed by atoms with Crippen LogP contribution in [0, 0.1) is 20.8 Å². The fraction of sp³-hybridized carbons (Fsp3) is 0.200. The smallest absolute Gasteiger partial charge is 0.195 e. The van der Waals surface area contributed by atoms with E-state index in [0.717, 1.165) is 33.9 Å². The highest BCUT2D eigenvalue weighted by molar-refractivity contribution is 7.20. The Labute approximate surface area is 115 Å². The van der Waals surface area contributed by atoms with Crippen molar-refractivity contribution in [3.05, 3.63) is 46.8 Å². The van der Waals surface area contributed by atoms with E-state index in [2.05, 4.69) is 19.1 Å². The fourth-order valence-corrected chi connectivity index (χ4v) is 3.53. The number of para-hydroxylation sites is 1. The number of aryl methyl sites for hydroxylation is 2. The lowest BCUT2D eigenvalue weighted by Gasteiger charge is -2.03. The molecule has 3 rings (SSSR count). The Bertz CT molecular complexity index is 783. The van der Waals surface area contributed by atoms with Gasteiger partial charge in [0.25, 0.3) is 0 Å². The lowest BCUT2D eigenvalue weighted by molar-refractivity contribution is 0.112. The van der Waals surface area contributed by atoms with Crippen LogP contribution in [0.2, 0.25) is 0 Å². The zero-order chi connectivity index (χ0) is 13.6. The molecule has 0 radical (unpaired) electrons. The first-order chi connectivity index (χ1) is 9.11. The molecule has 0 atom stereocenters. The summed E-state index contributed by atoms with van der Waals surface area (Å²) in [5.41, 5.74) is 4.94. The summed E-state index contributed by atoms with van der Waals surface area (Å²) in [6.45, 7) is 6.02. The monoisotopic (exact) mass is 270 g/mol. The van der Waals surface area contributed by atoms with Crippen LogP contribution in [0.25, 0.3) is 15.3 Å². The summed E-state index contributed by atoms with van der Waals surface area (Å²) < 4.78 is 3.23. The maximum atomic E-state index is 11.0. The van der Waals surface area contributed by atoms with E-state index in [-0.39, 0.29) is 0 Å². The van der Waals surface area contributed by atoms with Crippen molar-refractivity contribution in [1.82, 2.24) is 9.55 Å². The van der Waals surface area contributed by atoms with Crippen LogP contribution in [0.1, 0.15) is 27.3 Å². The van der Waals surface area contributed by atoms with Gasteiger partial charge < -0.3 is 0 Å². The number of hydrogen-bond donors (Lipinski definition) is 0. The minimum atomic E-state index is 0.730. The molecule has 96 valence electrons. The van der Waals surface area contributed by atoms with E-state index >= 15 is 0 Å². The summed E-state index contributed by atoms with van der Waals surface area (Å²) in [6.07, 6.45) is 0.900. The number of nitrogens with zero attached hydrogens (tertiary/aromatic N) is 2. The van der Waals surface area contributed by atoms with Gasteiger partial charge in [0.1, 0.15) is 0 Å². The van der Waals surface area contributed by atoms with Gasteiger partial charge in [0, 0.05) is 17.0 Å². The van der Waals surface area contributed by atoms with Crippen molar-refractivity contribution in [2.45, 2.75) is 20.8 Å². The molecular formula is C15H14N2OS. The minimum absolute atomic E-state index is 0.730. The zero-order valence-corrected chi connectivity index (χ0v) is 11.9. The van der Waals surface area contributed by atoms with Crippen molar-refractivity contribution < 1.29 is 4.79 Å². The van der Waals surface area contributed by atoms with Crippen molar-refractivity contribution in [1.29, 1.82) is 0 Å². The molecule has 0 saturated heterocycles. The SMILES string of the molecule is Cc1cccc2sc(-n3c(C)cc(C=O)c3C)nc12. The number of thiazole rings is 1. The predicted molar refractivity (Wildman–Crippen MR) is 78.5 cm³/mol. The Hall–Kier alpha value is -1.94. The Balaban J connectivity index is 2.28. The average molecular weight is 270 g/mol. The van der Waals surface area contributed by atoms with E-state index in [4.69, 9.17) is 4.98 Å². The summed E-state index contributed by atoms with van der Waals surface area (Å²) in [5, 5.41) is 0.924. The van der Waals surface area contributed by atoms with Crippen LogP contribution < -0.4 is 0 Å². The van der Waals surface area contributed by atoms with Gasteiger partial charge in [-0.3, -0.25) is 9.36 Å². The maximum Gasteiger partial charge on any atom is 0.195 e. The highest BCUT2D eigenvalue weighted by Gasteiger charge is 2.14. The Morgan fingerprint density at radius 3 is 2.68 bits per heavy atom. The normalized spacial score (nSPS) is 11.1. The van der Waals surface area contributed by atoms with E-state index in [0.29, 0.717) is 0 Å². The summed E-state index contributed by atoms with van der Waals surface area (Å²) in [5.74, 6) is 0. The molecule has 0 saturated carbocycles. The quantitative estimate of drug-likeness (QED) is 0.663. The molecule has 0 unspecified atom stereocenters. The third-order valence-electron chi connectivity index (χ3n) is 3.40. The molecule has 0 aliphatic heterocycles. The van der Waals surface area contributed by atoms with Crippen LogP contribution >= 0.6 is 11.3 Å². The van der Waals surface area contributed by atoms with E-state index in [9.17, 15) is 4.79 Å². The molecule has 0 spiro atoms. The summed E-state index contributed by atoms with van der Waals surface area (Å²) in [7, 11) is 0. The van der Waals surface area contributed by atoms with Crippen molar-refractivity contribution in [3.8, 4) is 5.13 Å². The van der Waals surface area contributed by atoms with Gasteiger partial charge in [-0.1, -0.05) is 23.5 Å². The van der Waals surface area contributed by atoms with E-state index in [1.54, 1.807) is 11.3 Å². The summed E-state index contributed by atoms with van der Waals surface area (Å²) in [4.78, 5) is 15.7. The van der Waals surface area contributed by atoms with Crippen LogP contribution in [0.3, 0.4) is 0 Å². The number of aldehydes is 1. The van der Waals surface area contributed by atoms with Gasteiger partial charge >= 0.3 is 0 Å². The van der Waals surface area contributed by atoms with Gasteiger partial charge in [0.15, 0.2) is 11.4 Å².